The van der Waals surface area contributed by atoms with Crippen LogP contribution >= 0.6 is 0 Å². The van der Waals surface area contributed by atoms with Gasteiger partial charge in [-0.05, 0) is 30.7 Å². The van der Waals surface area contributed by atoms with Gasteiger partial charge in [0, 0.05) is 29.8 Å². The Morgan fingerprint density at radius 1 is 1.12 bits per heavy atom. The fraction of sp³-hybridized carbons (Fsp3) is 0.118. The van der Waals surface area contributed by atoms with Crippen LogP contribution in [0.3, 0.4) is 0 Å². The Kier molecular flexibility index (Phi) is 3.91. The second-order valence-electron chi connectivity index (χ2n) is 5.16. The molecule has 0 bridgehead atoms. The highest BCUT2D eigenvalue weighted by atomic mass is 16.6. The van der Waals surface area contributed by atoms with Crippen molar-refractivity contribution in [3.8, 4) is 23.0 Å². The van der Waals surface area contributed by atoms with E-state index in [9.17, 15) is 15.2 Å². The minimum atomic E-state index is -0.452. The van der Waals surface area contributed by atoms with E-state index in [1.54, 1.807) is 31.3 Å². The number of rotatable bonds is 4. The molecule has 122 valence electrons. The molecule has 7 nitrogen and oxygen atoms in total. The van der Waals surface area contributed by atoms with Crippen LogP contribution in [0.1, 0.15) is 5.56 Å². The van der Waals surface area contributed by atoms with Gasteiger partial charge in [-0.3, -0.25) is 15.1 Å². The molecule has 0 saturated heterocycles. The average molecular weight is 326 g/mol. The van der Waals surface area contributed by atoms with E-state index in [1.807, 2.05) is 0 Å². The van der Waals surface area contributed by atoms with E-state index < -0.39 is 4.92 Å². The number of phenolic OH excluding ortho intramolecular Hbond substituents is 1. The van der Waals surface area contributed by atoms with Gasteiger partial charge in [0.05, 0.1) is 17.5 Å². The number of pyridine rings is 1. The Balaban J connectivity index is 2.05. The van der Waals surface area contributed by atoms with Gasteiger partial charge in [0.2, 0.25) is 0 Å². The lowest BCUT2D eigenvalue weighted by Gasteiger charge is -2.12. The summed E-state index contributed by atoms with van der Waals surface area (Å²) in [4.78, 5) is 14.6. The van der Waals surface area contributed by atoms with E-state index in [-0.39, 0.29) is 11.4 Å². The molecule has 24 heavy (non-hydrogen) atoms. The fourth-order valence-corrected chi connectivity index (χ4v) is 2.37. The highest BCUT2D eigenvalue weighted by Crippen LogP contribution is 2.37. The minimum Gasteiger partial charge on any atom is -0.504 e. The zero-order valence-electron chi connectivity index (χ0n) is 13.0. The first-order valence-corrected chi connectivity index (χ1v) is 7.08. The summed E-state index contributed by atoms with van der Waals surface area (Å²) in [5.74, 6) is 1.30. The Morgan fingerprint density at radius 2 is 1.92 bits per heavy atom. The fourth-order valence-electron chi connectivity index (χ4n) is 2.37. The summed E-state index contributed by atoms with van der Waals surface area (Å²) in [6.45, 7) is 1.73. The highest BCUT2D eigenvalue weighted by molar-refractivity contribution is 5.88. The summed E-state index contributed by atoms with van der Waals surface area (Å²) in [7, 11) is 1.46. The van der Waals surface area contributed by atoms with Crippen molar-refractivity contribution >= 4 is 16.6 Å². The van der Waals surface area contributed by atoms with Crippen molar-refractivity contribution in [1.29, 1.82) is 0 Å². The standard InChI is InChI=1S/C17H14N2O5/c1-10-7-11(19(21)22)3-4-15(10)24-16-5-6-18-13-9-14(20)17(23-2)8-12(13)16/h3-9,20H,1-2H3. The van der Waals surface area contributed by atoms with Gasteiger partial charge in [-0.25, -0.2) is 0 Å². The van der Waals surface area contributed by atoms with E-state index in [0.717, 1.165) is 0 Å². The maximum absolute atomic E-state index is 10.8. The quantitative estimate of drug-likeness (QED) is 0.576. The number of aromatic nitrogens is 1. The number of nitro benzene ring substituents is 1. The molecule has 0 aliphatic rings. The number of ether oxygens (including phenoxy) is 2. The summed E-state index contributed by atoms with van der Waals surface area (Å²) >= 11 is 0. The molecule has 0 saturated carbocycles. The van der Waals surface area contributed by atoms with Gasteiger partial charge in [0.15, 0.2) is 11.5 Å². The number of benzene rings is 2. The van der Waals surface area contributed by atoms with E-state index in [4.69, 9.17) is 9.47 Å². The number of fused-ring (bicyclic) bond motifs is 1. The Morgan fingerprint density at radius 3 is 2.58 bits per heavy atom. The average Bonchev–Trinajstić information content (AvgIpc) is 2.56. The molecule has 0 unspecified atom stereocenters. The summed E-state index contributed by atoms with van der Waals surface area (Å²) < 4.78 is 11.0. The van der Waals surface area contributed by atoms with Crippen molar-refractivity contribution < 1.29 is 19.5 Å². The molecule has 0 atom stereocenters. The predicted molar refractivity (Wildman–Crippen MR) is 87.9 cm³/mol. The largest absolute Gasteiger partial charge is 0.504 e. The van der Waals surface area contributed by atoms with E-state index in [2.05, 4.69) is 4.98 Å². The second kappa shape index (κ2) is 6.04. The molecule has 3 aromatic rings. The van der Waals surface area contributed by atoms with Gasteiger partial charge in [-0.1, -0.05) is 0 Å². The van der Waals surface area contributed by atoms with E-state index in [0.29, 0.717) is 33.7 Å². The van der Waals surface area contributed by atoms with Crippen molar-refractivity contribution in [3.05, 3.63) is 58.3 Å². The molecule has 0 amide bonds. The molecule has 1 heterocycles. The van der Waals surface area contributed by atoms with Crippen LogP contribution in [0, 0.1) is 17.0 Å². The first-order chi connectivity index (χ1) is 11.5. The minimum absolute atomic E-state index is 0.00558. The monoisotopic (exact) mass is 326 g/mol. The van der Waals surface area contributed by atoms with Crippen LogP contribution in [-0.2, 0) is 0 Å². The number of nitrogens with zero attached hydrogens (tertiary/aromatic N) is 2. The van der Waals surface area contributed by atoms with Crippen LogP contribution in [0.25, 0.3) is 10.9 Å². The zero-order chi connectivity index (χ0) is 17.3. The maximum Gasteiger partial charge on any atom is 0.269 e. The molecule has 3 rings (SSSR count). The molecular formula is C17H14N2O5. The number of hydrogen-bond acceptors (Lipinski definition) is 6. The normalized spacial score (nSPS) is 10.6. The third-order valence-corrected chi connectivity index (χ3v) is 3.59. The molecule has 1 aromatic heterocycles. The smallest absolute Gasteiger partial charge is 0.269 e. The number of non-ortho nitro benzene ring substituents is 1. The van der Waals surface area contributed by atoms with Crippen molar-refractivity contribution in [2.24, 2.45) is 0 Å². The van der Waals surface area contributed by atoms with E-state index in [1.165, 1.54) is 25.3 Å². The number of aromatic hydroxyl groups is 1. The molecule has 0 aliphatic heterocycles. The predicted octanol–water partition coefficient (Wildman–Crippen LogP) is 3.96. The van der Waals surface area contributed by atoms with E-state index >= 15 is 0 Å². The van der Waals surface area contributed by atoms with Crippen LogP contribution in [0.5, 0.6) is 23.0 Å². The summed E-state index contributed by atoms with van der Waals surface area (Å²) in [5, 5.41) is 21.3. The lowest BCUT2D eigenvalue weighted by molar-refractivity contribution is -0.384. The maximum atomic E-state index is 10.8. The Bertz CT molecular complexity index is 940. The number of hydrogen-bond donors (Lipinski definition) is 1. The number of phenols is 1. The van der Waals surface area contributed by atoms with Crippen LogP contribution in [-0.4, -0.2) is 22.1 Å². The van der Waals surface area contributed by atoms with Crippen molar-refractivity contribution in [2.45, 2.75) is 6.92 Å². The SMILES string of the molecule is COc1cc2c(Oc3ccc([N+](=O)[O-])cc3C)ccnc2cc1O. The summed E-state index contributed by atoms with van der Waals surface area (Å²) in [6, 6.07) is 9.19. The molecule has 2 aromatic carbocycles. The molecule has 0 fully saturated rings. The van der Waals surface area contributed by atoms with Crippen LogP contribution in [0.4, 0.5) is 5.69 Å². The van der Waals surface area contributed by atoms with Gasteiger partial charge in [0.25, 0.3) is 5.69 Å². The topological polar surface area (TPSA) is 94.7 Å². The molecular weight excluding hydrogens is 312 g/mol. The zero-order valence-corrected chi connectivity index (χ0v) is 13.0. The number of nitro groups is 1. The van der Waals surface area contributed by atoms with Gasteiger partial charge >= 0.3 is 0 Å². The third kappa shape index (κ3) is 2.79. The lowest BCUT2D eigenvalue weighted by Crippen LogP contribution is -1.93. The van der Waals surface area contributed by atoms with Gasteiger partial charge in [0.1, 0.15) is 11.5 Å². The first-order valence-electron chi connectivity index (χ1n) is 7.08. The highest BCUT2D eigenvalue weighted by Gasteiger charge is 2.13. The van der Waals surface area contributed by atoms with Crippen LogP contribution in [0.15, 0.2) is 42.6 Å². The number of methoxy groups -OCH3 is 1. The molecule has 0 spiro atoms. The third-order valence-electron chi connectivity index (χ3n) is 3.59. The molecule has 1 N–H and O–H groups in total. The van der Waals surface area contributed by atoms with Crippen LogP contribution < -0.4 is 9.47 Å². The molecule has 0 radical (unpaired) electrons. The van der Waals surface area contributed by atoms with Crippen LogP contribution in [0.2, 0.25) is 0 Å². The van der Waals surface area contributed by atoms with Crippen molar-refractivity contribution in [1.82, 2.24) is 4.98 Å². The van der Waals surface area contributed by atoms with Crippen molar-refractivity contribution in [2.75, 3.05) is 7.11 Å². The van der Waals surface area contributed by atoms with Gasteiger partial charge in [-0.2, -0.15) is 0 Å². The lowest BCUT2D eigenvalue weighted by atomic mass is 10.1. The molecule has 0 aliphatic carbocycles. The summed E-state index contributed by atoms with van der Waals surface area (Å²) in [5.41, 5.74) is 1.19. The Labute approximate surface area is 137 Å². The van der Waals surface area contributed by atoms with Gasteiger partial charge < -0.3 is 14.6 Å². The Hall–Kier alpha value is -3.35. The molecule has 7 heteroatoms. The number of aryl methyl sites for hydroxylation is 1. The first kappa shape index (κ1) is 15.5. The summed E-state index contributed by atoms with van der Waals surface area (Å²) in [6.07, 6.45) is 1.56. The van der Waals surface area contributed by atoms with Crippen molar-refractivity contribution in [3.63, 3.8) is 0 Å². The van der Waals surface area contributed by atoms with Gasteiger partial charge in [-0.15, -0.1) is 0 Å². The second-order valence-corrected chi connectivity index (χ2v) is 5.16.